The van der Waals surface area contributed by atoms with E-state index in [0.717, 1.165) is 38.5 Å². The van der Waals surface area contributed by atoms with Gasteiger partial charge in [-0.1, -0.05) is 13.8 Å². The van der Waals surface area contributed by atoms with Crippen molar-refractivity contribution in [3.05, 3.63) is 0 Å². The molecule has 9 atom stereocenters. The second kappa shape index (κ2) is 5.54. The molecule has 0 bridgehead atoms. The minimum atomic E-state index is -0.278. The minimum absolute atomic E-state index is 0.00376. The van der Waals surface area contributed by atoms with Crippen LogP contribution in [0.2, 0.25) is 0 Å². The summed E-state index contributed by atoms with van der Waals surface area (Å²) >= 11 is 0. The fraction of sp³-hybridized carbons (Fsp3) is 0.952. The van der Waals surface area contributed by atoms with Crippen molar-refractivity contribution in [1.29, 1.82) is 0 Å². The first kappa shape index (κ1) is 17.0. The van der Waals surface area contributed by atoms with Crippen LogP contribution in [0.4, 0.5) is 0 Å². The first-order chi connectivity index (χ1) is 11.3. The third-order valence-corrected chi connectivity index (χ3v) is 9.06. The van der Waals surface area contributed by atoms with Gasteiger partial charge in [-0.25, -0.2) is 0 Å². The van der Waals surface area contributed by atoms with E-state index in [-0.39, 0.29) is 29.0 Å². The number of carbonyl (C=O) groups excluding carboxylic acids is 1. The number of hydrogen-bond acceptors (Lipinski definition) is 3. The fourth-order valence-electron chi connectivity index (χ4n) is 8.03. The molecule has 0 aliphatic heterocycles. The van der Waals surface area contributed by atoms with E-state index in [1.165, 1.54) is 12.8 Å². The molecule has 0 heterocycles. The summed E-state index contributed by atoms with van der Waals surface area (Å²) in [5.74, 6) is 2.58. The van der Waals surface area contributed by atoms with E-state index in [1.807, 2.05) is 0 Å². The number of aliphatic hydroxyl groups excluding tert-OH is 2. The van der Waals surface area contributed by atoms with Crippen molar-refractivity contribution >= 4 is 5.78 Å². The highest BCUT2D eigenvalue weighted by Crippen LogP contribution is 2.67. The third kappa shape index (κ3) is 2.19. The number of ketones is 1. The van der Waals surface area contributed by atoms with E-state index in [0.29, 0.717) is 29.5 Å². The zero-order chi connectivity index (χ0) is 17.3. The summed E-state index contributed by atoms with van der Waals surface area (Å²) < 4.78 is 0. The largest absolute Gasteiger partial charge is 0.393 e. The molecule has 4 aliphatic rings. The zero-order valence-electron chi connectivity index (χ0n) is 15.5. The molecule has 0 spiro atoms. The summed E-state index contributed by atoms with van der Waals surface area (Å²) in [6, 6.07) is 0. The Kier molecular flexibility index (Phi) is 3.93. The van der Waals surface area contributed by atoms with Crippen molar-refractivity contribution in [2.24, 2.45) is 40.4 Å². The third-order valence-electron chi connectivity index (χ3n) is 9.06. The molecule has 4 rings (SSSR count). The summed E-state index contributed by atoms with van der Waals surface area (Å²) in [4.78, 5) is 12.2. The van der Waals surface area contributed by atoms with Gasteiger partial charge in [0.15, 0.2) is 0 Å². The lowest BCUT2D eigenvalue weighted by molar-refractivity contribution is -0.178. The van der Waals surface area contributed by atoms with Crippen LogP contribution in [0.25, 0.3) is 0 Å². The molecule has 0 aromatic carbocycles. The van der Waals surface area contributed by atoms with Crippen LogP contribution in [0.5, 0.6) is 0 Å². The summed E-state index contributed by atoms with van der Waals surface area (Å²) in [5.41, 5.74) is 0.182. The van der Waals surface area contributed by atoms with Crippen LogP contribution in [0.3, 0.4) is 0 Å². The van der Waals surface area contributed by atoms with Crippen molar-refractivity contribution in [2.45, 2.75) is 84.3 Å². The highest BCUT2D eigenvalue weighted by Gasteiger charge is 2.63. The normalized spacial score (nSPS) is 57.0. The fourth-order valence-corrected chi connectivity index (χ4v) is 8.03. The summed E-state index contributed by atoms with van der Waals surface area (Å²) in [6.07, 6.45) is 7.80. The molecule has 4 saturated carbocycles. The number of carbonyl (C=O) groups is 1. The molecule has 0 aromatic rings. The lowest BCUT2D eigenvalue weighted by Crippen LogP contribution is -2.59. The molecule has 0 saturated heterocycles. The average molecular weight is 335 g/mol. The van der Waals surface area contributed by atoms with Crippen LogP contribution < -0.4 is 0 Å². The Morgan fingerprint density at radius 3 is 2.46 bits per heavy atom. The Bertz CT molecular complexity index is 531. The van der Waals surface area contributed by atoms with Crippen molar-refractivity contribution in [3.63, 3.8) is 0 Å². The molecule has 4 fully saturated rings. The highest BCUT2D eigenvalue weighted by atomic mass is 16.3. The number of aliphatic hydroxyl groups is 2. The van der Waals surface area contributed by atoms with Gasteiger partial charge in [-0.15, -0.1) is 0 Å². The van der Waals surface area contributed by atoms with E-state index in [4.69, 9.17) is 0 Å². The van der Waals surface area contributed by atoms with Gasteiger partial charge < -0.3 is 10.2 Å². The Morgan fingerprint density at radius 1 is 1.00 bits per heavy atom. The van der Waals surface area contributed by atoms with E-state index < -0.39 is 0 Å². The Balaban J connectivity index is 1.67. The predicted octanol–water partition coefficient (Wildman–Crippen LogP) is 3.57. The quantitative estimate of drug-likeness (QED) is 0.771. The number of rotatable bonds is 1. The molecule has 4 aliphatic carbocycles. The van der Waals surface area contributed by atoms with Crippen LogP contribution in [0.1, 0.15) is 72.1 Å². The van der Waals surface area contributed by atoms with Gasteiger partial charge in [0, 0.05) is 5.92 Å². The number of hydrogen-bond donors (Lipinski definition) is 2. The topological polar surface area (TPSA) is 57.5 Å². The molecule has 24 heavy (non-hydrogen) atoms. The average Bonchev–Trinajstić information content (AvgIpc) is 2.84. The van der Waals surface area contributed by atoms with Crippen molar-refractivity contribution < 1.29 is 15.0 Å². The summed E-state index contributed by atoms with van der Waals surface area (Å²) in [6.45, 7) is 6.43. The molecular formula is C21H34O3. The van der Waals surface area contributed by atoms with Crippen LogP contribution in [0, 0.1) is 40.4 Å². The van der Waals surface area contributed by atoms with Crippen molar-refractivity contribution in [1.82, 2.24) is 0 Å². The first-order valence-electron chi connectivity index (χ1n) is 10.1. The van der Waals surface area contributed by atoms with Gasteiger partial charge in [-0.2, -0.15) is 0 Å². The molecule has 136 valence electrons. The van der Waals surface area contributed by atoms with Gasteiger partial charge in [-0.05, 0) is 92.8 Å². The SMILES string of the molecule is CC(=O)[C@H]1CC[C@H]2[C@@H]3CCC4C[C@H](O)CC[C@]4(C)[C@H]3[C@H](O)C[C@]12C. The summed E-state index contributed by atoms with van der Waals surface area (Å²) in [7, 11) is 0. The Hall–Kier alpha value is -0.410. The lowest BCUT2D eigenvalue weighted by atomic mass is 9.44. The maximum atomic E-state index is 12.2. The predicted molar refractivity (Wildman–Crippen MR) is 93.3 cm³/mol. The van der Waals surface area contributed by atoms with Gasteiger partial charge in [0.2, 0.25) is 0 Å². The van der Waals surface area contributed by atoms with Crippen LogP contribution in [-0.4, -0.2) is 28.2 Å². The molecule has 3 heteroatoms. The van der Waals surface area contributed by atoms with Gasteiger partial charge in [-0.3, -0.25) is 4.79 Å². The van der Waals surface area contributed by atoms with Gasteiger partial charge in [0.05, 0.1) is 12.2 Å². The van der Waals surface area contributed by atoms with E-state index in [9.17, 15) is 15.0 Å². The molecule has 0 amide bonds. The van der Waals surface area contributed by atoms with E-state index in [1.54, 1.807) is 6.92 Å². The molecule has 2 N–H and O–H groups in total. The van der Waals surface area contributed by atoms with Crippen molar-refractivity contribution in [3.8, 4) is 0 Å². The smallest absolute Gasteiger partial charge is 0.133 e. The van der Waals surface area contributed by atoms with Crippen LogP contribution >= 0.6 is 0 Å². The minimum Gasteiger partial charge on any atom is -0.393 e. The molecule has 0 radical (unpaired) electrons. The second-order valence-electron chi connectivity index (χ2n) is 10.0. The number of fused-ring (bicyclic) bond motifs is 5. The van der Waals surface area contributed by atoms with Gasteiger partial charge in [0.25, 0.3) is 0 Å². The van der Waals surface area contributed by atoms with Gasteiger partial charge >= 0.3 is 0 Å². The van der Waals surface area contributed by atoms with E-state index in [2.05, 4.69) is 13.8 Å². The Morgan fingerprint density at radius 2 is 1.75 bits per heavy atom. The highest BCUT2D eigenvalue weighted by molar-refractivity contribution is 5.79. The second-order valence-corrected chi connectivity index (χ2v) is 10.0. The molecule has 0 aromatic heterocycles. The molecule has 1 unspecified atom stereocenters. The summed E-state index contributed by atoms with van der Waals surface area (Å²) in [5, 5.41) is 21.3. The zero-order valence-corrected chi connectivity index (χ0v) is 15.5. The van der Waals surface area contributed by atoms with Crippen LogP contribution in [0.15, 0.2) is 0 Å². The standard InChI is InChI=1S/C21H34O3/c1-12(22)16-6-7-17-15-5-4-13-10-14(23)8-9-20(13,2)19(15)18(24)11-21(16,17)3/h13-19,23-24H,4-11H2,1-3H3/t13?,14-,15+,16-,17+,18-,19-,20+,21-/m1/s1. The Labute approximate surface area is 146 Å². The molecular weight excluding hydrogens is 300 g/mol. The van der Waals surface area contributed by atoms with Crippen molar-refractivity contribution in [2.75, 3.05) is 0 Å². The van der Waals surface area contributed by atoms with E-state index >= 15 is 0 Å². The maximum absolute atomic E-state index is 12.2. The maximum Gasteiger partial charge on any atom is 0.133 e. The van der Waals surface area contributed by atoms with Crippen LogP contribution in [-0.2, 0) is 4.79 Å². The first-order valence-corrected chi connectivity index (χ1v) is 10.1. The number of Topliss-reactive ketones (excluding diaryl/α,β-unsaturated/α-hetero) is 1. The molecule has 3 nitrogen and oxygen atoms in total. The van der Waals surface area contributed by atoms with Gasteiger partial charge in [0.1, 0.15) is 5.78 Å². The monoisotopic (exact) mass is 334 g/mol. The lowest BCUT2D eigenvalue weighted by Gasteiger charge is -2.62.